The minimum atomic E-state index is 0.571. The van der Waals surface area contributed by atoms with Gasteiger partial charge >= 0.3 is 0 Å². The molecule has 1 rings (SSSR count). The molecule has 4 nitrogen and oxygen atoms in total. The highest BCUT2D eigenvalue weighted by atomic mass is 16.1. The standard InChI is InChI=1S/C12H18N2O.C11H16O/c1-9-7-11(13-2)8-10(5-4-6-15)12(9)14-3;1-4-7-8-11(9-12)10(5-2)6-3/h6-8,13-14H,4-5H2,1-3H3;5,7-9H,2,4,6H2,1,3H3/b;8-7+,11-10-. The van der Waals surface area contributed by atoms with E-state index in [0.717, 1.165) is 54.4 Å². The number of carbonyl (C=O) groups is 2. The SMILES string of the molecule is C=C/C(CC)=C(C=O)\C=C\CC.CNc1cc(C)c(NC)c(CCC=O)c1. The van der Waals surface area contributed by atoms with Crippen molar-refractivity contribution >= 4 is 23.9 Å². The van der Waals surface area contributed by atoms with Crippen LogP contribution >= 0.6 is 0 Å². The van der Waals surface area contributed by atoms with Gasteiger partial charge < -0.3 is 15.4 Å². The maximum atomic E-state index is 10.6. The Morgan fingerprint density at radius 1 is 1.15 bits per heavy atom. The lowest BCUT2D eigenvalue weighted by molar-refractivity contribution is -0.108. The van der Waals surface area contributed by atoms with Crippen LogP contribution in [0.3, 0.4) is 0 Å². The van der Waals surface area contributed by atoms with Crippen molar-refractivity contribution in [1.82, 2.24) is 0 Å². The first-order valence-electron chi connectivity index (χ1n) is 9.42. The van der Waals surface area contributed by atoms with Gasteiger partial charge in [0, 0.05) is 37.5 Å². The molecule has 0 saturated heterocycles. The number of aryl methyl sites for hydroxylation is 2. The summed E-state index contributed by atoms with van der Waals surface area (Å²) >= 11 is 0. The molecule has 1 aromatic carbocycles. The van der Waals surface area contributed by atoms with Gasteiger partial charge in [0.1, 0.15) is 12.6 Å². The van der Waals surface area contributed by atoms with Gasteiger partial charge in [-0.2, -0.15) is 0 Å². The van der Waals surface area contributed by atoms with E-state index in [0.29, 0.717) is 6.42 Å². The van der Waals surface area contributed by atoms with Gasteiger partial charge in [0.05, 0.1) is 0 Å². The summed E-state index contributed by atoms with van der Waals surface area (Å²) in [7, 11) is 3.81. The predicted molar refractivity (Wildman–Crippen MR) is 118 cm³/mol. The van der Waals surface area contributed by atoms with Crippen molar-refractivity contribution in [2.24, 2.45) is 0 Å². The van der Waals surface area contributed by atoms with Crippen LogP contribution in [0.25, 0.3) is 0 Å². The Morgan fingerprint density at radius 2 is 1.85 bits per heavy atom. The van der Waals surface area contributed by atoms with E-state index in [1.165, 1.54) is 11.1 Å². The lowest BCUT2D eigenvalue weighted by Crippen LogP contribution is -2.01. The van der Waals surface area contributed by atoms with E-state index in [-0.39, 0.29) is 0 Å². The number of rotatable bonds is 10. The summed E-state index contributed by atoms with van der Waals surface area (Å²) in [6, 6.07) is 4.18. The summed E-state index contributed by atoms with van der Waals surface area (Å²) in [6.45, 7) is 9.78. The summed E-state index contributed by atoms with van der Waals surface area (Å²) in [5, 5.41) is 6.30. The fraction of sp³-hybridized carbons (Fsp3) is 0.391. The largest absolute Gasteiger partial charge is 0.388 e. The van der Waals surface area contributed by atoms with E-state index >= 15 is 0 Å². The van der Waals surface area contributed by atoms with Crippen LogP contribution < -0.4 is 10.6 Å². The molecule has 0 aromatic heterocycles. The van der Waals surface area contributed by atoms with E-state index in [1.807, 2.05) is 40.1 Å². The third-order valence-corrected chi connectivity index (χ3v) is 4.15. The molecule has 0 aliphatic rings. The third kappa shape index (κ3) is 8.54. The Bertz CT molecular complexity index is 673. The normalized spacial score (nSPS) is 11.1. The fourth-order valence-corrected chi connectivity index (χ4v) is 2.71. The number of hydrogen-bond acceptors (Lipinski definition) is 4. The van der Waals surface area contributed by atoms with Crippen molar-refractivity contribution in [2.45, 2.75) is 46.5 Å². The van der Waals surface area contributed by atoms with Crippen LogP contribution in [0.5, 0.6) is 0 Å². The monoisotopic (exact) mass is 370 g/mol. The van der Waals surface area contributed by atoms with Gasteiger partial charge in [0.25, 0.3) is 0 Å². The van der Waals surface area contributed by atoms with E-state index < -0.39 is 0 Å². The zero-order valence-electron chi connectivity index (χ0n) is 17.4. The topological polar surface area (TPSA) is 58.2 Å². The Hall–Kier alpha value is -2.62. The second-order valence-corrected chi connectivity index (χ2v) is 6.00. The highest BCUT2D eigenvalue weighted by Crippen LogP contribution is 2.25. The second kappa shape index (κ2) is 14.5. The van der Waals surface area contributed by atoms with Gasteiger partial charge in [-0.3, -0.25) is 4.79 Å². The van der Waals surface area contributed by atoms with Crippen molar-refractivity contribution in [3.63, 3.8) is 0 Å². The van der Waals surface area contributed by atoms with Crippen molar-refractivity contribution in [1.29, 1.82) is 0 Å². The summed E-state index contributed by atoms with van der Waals surface area (Å²) in [5.41, 5.74) is 6.37. The molecule has 1 aromatic rings. The quantitative estimate of drug-likeness (QED) is 0.335. The number of nitrogens with one attached hydrogen (secondary N) is 2. The summed E-state index contributed by atoms with van der Waals surface area (Å²) in [6.07, 6.45) is 10.6. The average Bonchev–Trinajstić information content (AvgIpc) is 2.69. The van der Waals surface area contributed by atoms with Gasteiger partial charge in [-0.1, -0.05) is 38.7 Å². The van der Waals surface area contributed by atoms with Crippen LogP contribution in [0.2, 0.25) is 0 Å². The summed E-state index contributed by atoms with van der Waals surface area (Å²) < 4.78 is 0. The van der Waals surface area contributed by atoms with Crippen LogP contribution in [-0.4, -0.2) is 26.7 Å². The molecule has 0 heterocycles. The molecule has 0 aliphatic heterocycles. The second-order valence-electron chi connectivity index (χ2n) is 6.00. The zero-order chi connectivity index (χ0) is 20.7. The third-order valence-electron chi connectivity index (χ3n) is 4.15. The minimum Gasteiger partial charge on any atom is -0.388 e. The number of hydrogen-bond donors (Lipinski definition) is 2. The number of aldehydes is 2. The van der Waals surface area contributed by atoms with Crippen LogP contribution in [0.1, 0.15) is 44.2 Å². The average molecular weight is 371 g/mol. The van der Waals surface area contributed by atoms with Gasteiger partial charge in [-0.15, -0.1) is 0 Å². The van der Waals surface area contributed by atoms with Crippen molar-refractivity contribution < 1.29 is 9.59 Å². The van der Waals surface area contributed by atoms with Crippen LogP contribution in [-0.2, 0) is 16.0 Å². The summed E-state index contributed by atoms with van der Waals surface area (Å²) in [4.78, 5) is 21.0. The van der Waals surface area contributed by atoms with Gasteiger partial charge in [0.15, 0.2) is 0 Å². The molecular formula is C23H34N2O2. The van der Waals surface area contributed by atoms with E-state index in [2.05, 4.69) is 36.3 Å². The predicted octanol–water partition coefficient (Wildman–Crippen LogP) is 5.25. The van der Waals surface area contributed by atoms with Gasteiger partial charge in [0.2, 0.25) is 0 Å². The lowest BCUT2D eigenvalue weighted by atomic mass is 10.0. The molecule has 0 saturated carbocycles. The van der Waals surface area contributed by atoms with Crippen LogP contribution in [0.4, 0.5) is 11.4 Å². The molecular weight excluding hydrogens is 336 g/mol. The first-order chi connectivity index (χ1) is 13.0. The van der Waals surface area contributed by atoms with Crippen LogP contribution in [0.15, 0.2) is 48.1 Å². The minimum absolute atomic E-state index is 0.571. The van der Waals surface area contributed by atoms with Crippen molar-refractivity contribution in [3.8, 4) is 0 Å². The Labute approximate surface area is 164 Å². The van der Waals surface area contributed by atoms with E-state index in [1.54, 1.807) is 6.08 Å². The Kier molecular flexibility index (Phi) is 13.1. The highest BCUT2D eigenvalue weighted by Gasteiger charge is 2.06. The highest BCUT2D eigenvalue weighted by molar-refractivity contribution is 5.79. The Morgan fingerprint density at radius 3 is 2.30 bits per heavy atom. The first kappa shape index (κ1) is 24.4. The number of carbonyl (C=O) groups excluding carboxylic acids is 2. The summed E-state index contributed by atoms with van der Waals surface area (Å²) in [5.74, 6) is 0. The van der Waals surface area contributed by atoms with E-state index in [4.69, 9.17) is 0 Å². The molecule has 0 spiro atoms. The van der Waals surface area contributed by atoms with Gasteiger partial charge in [-0.05, 0) is 55.0 Å². The molecule has 4 heteroatoms. The molecule has 0 radical (unpaired) electrons. The lowest BCUT2D eigenvalue weighted by Gasteiger charge is -2.14. The van der Waals surface area contributed by atoms with Crippen LogP contribution in [0, 0.1) is 6.92 Å². The molecule has 2 N–H and O–H groups in total. The molecule has 148 valence electrons. The number of allylic oxidation sites excluding steroid dienone is 5. The fourth-order valence-electron chi connectivity index (χ4n) is 2.71. The van der Waals surface area contributed by atoms with Crippen molar-refractivity contribution in [3.05, 3.63) is 59.2 Å². The molecule has 0 unspecified atom stereocenters. The maximum absolute atomic E-state index is 10.6. The van der Waals surface area contributed by atoms with Gasteiger partial charge in [-0.25, -0.2) is 0 Å². The zero-order valence-corrected chi connectivity index (χ0v) is 17.4. The molecule has 27 heavy (non-hydrogen) atoms. The molecule has 0 amide bonds. The molecule has 0 atom stereocenters. The smallest absolute Gasteiger partial charge is 0.150 e. The molecule has 0 bridgehead atoms. The number of benzene rings is 1. The Balaban J connectivity index is 0.000000516. The van der Waals surface area contributed by atoms with Crippen molar-refractivity contribution in [2.75, 3.05) is 24.7 Å². The number of anilines is 2. The molecule has 0 aliphatic carbocycles. The first-order valence-corrected chi connectivity index (χ1v) is 9.42. The maximum Gasteiger partial charge on any atom is 0.150 e. The van der Waals surface area contributed by atoms with E-state index in [9.17, 15) is 9.59 Å². The molecule has 0 fully saturated rings.